The highest BCUT2D eigenvalue weighted by molar-refractivity contribution is 5.95. The fourth-order valence-electron chi connectivity index (χ4n) is 4.97. The summed E-state index contributed by atoms with van der Waals surface area (Å²) in [5.41, 5.74) is 1.27. The van der Waals surface area contributed by atoms with Gasteiger partial charge in [-0.05, 0) is 41.3 Å². The monoisotopic (exact) mass is 380 g/mol. The van der Waals surface area contributed by atoms with Gasteiger partial charge in [-0.1, -0.05) is 97.1 Å². The zero-order valence-corrected chi connectivity index (χ0v) is 16.7. The molecular weight excluding hydrogens is 356 g/mol. The van der Waals surface area contributed by atoms with Crippen molar-refractivity contribution in [3.63, 3.8) is 0 Å². The minimum absolute atomic E-state index is 0.0880. The molecule has 2 nitrogen and oxygen atoms in total. The van der Waals surface area contributed by atoms with Crippen molar-refractivity contribution in [3.05, 3.63) is 119 Å². The maximum atomic E-state index is 12.7. The zero-order valence-electron chi connectivity index (χ0n) is 16.7. The predicted octanol–water partition coefficient (Wildman–Crippen LogP) is 5.76. The summed E-state index contributed by atoms with van der Waals surface area (Å²) in [7, 11) is 0. The van der Waals surface area contributed by atoms with E-state index in [0.717, 1.165) is 33.0 Å². The summed E-state index contributed by atoms with van der Waals surface area (Å²) in [4.78, 5) is 0. The Labute approximate surface area is 171 Å². The first kappa shape index (κ1) is 18.1. The summed E-state index contributed by atoms with van der Waals surface area (Å²) < 4.78 is 6.78. The van der Waals surface area contributed by atoms with Crippen molar-refractivity contribution < 1.29 is 9.84 Å². The van der Waals surface area contributed by atoms with E-state index in [1.54, 1.807) is 0 Å². The molecule has 0 radical (unpaired) electrons. The molecule has 5 rings (SSSR count). The number of benzene rings is 4. The molecule has 29 heavy (non-hydrogen) atoms. The molecular formula is C27H24O2. The van der Waals surface area contributed by atoms with Gasteiger partial charge in [0.2, 0.25) is 0 Å². The van der Waals surface area contributed by atoms with Crippen molar-refractivity contribution in [2.45, 2.75) is 31.2 Å². The highest BCUT2D eigenvalue weighted by Crippen LogP contribution is 2.60. The Morgan fingerprint density at radius 1 is 0.655 bits per heavy atom. The minimum Gasteiger partial charge on any atom is -0.377 e. The highest BCUT2D eigenvalue weighted by Gasteiger charge is 2.61. The normalized spacial score (nSPS) is 23.0. The maximum absolute atomic E-state index is 12.7. The summed E-state index contributed by atoms with van der Waals surface area (Å²) in [6.45, 7) is 4.05. The molecule has 0 bridgehead atoms. The molecule has 1 N–H and O–H groups in total. The lowest BCUT2D eigenvalue weighted by Gasteiger charge is -2.45. The van der Waals surface area contributed by atoms with Crippen LogP contribution in [0.1, 0.15) is 36.1 Å². The molecule has 0 saturated heterocycles. The standard InChI is InChI=1S/C27H24O2/c1-19(2)29-27(22-15-7-4-8-16-22)24-18-10-12-20-11-9-17-23(25(20)24)26(27,28)21-13-5-3-6-14-21/h3-19,28H,1-2H3/t26-,27-/m1/s1. The number of hydrogen-bond donors (Lipinski definition) is 1. The first-order valence-corrected chi connectivity index (χ1v) is 10.1. The molecule has 0 spiro atoms. The molecule has 0 fully saturated rings. The average Bonchev–Trinajstić information content (AvgIpc) is 2.98. The number of rotatable bonds is 4. The van der Waals surface area contributed by atoms with Crippen LogP contribution in [0.15, 0.2) is 97.1 Å². The number of aliphatic hydroxyl groups is 1. The Hall–Kier alpha value is -2.94. The molecule has 1 aliphatic rings. The van der Waals surface area contributed by atoms with Crippen LogP contribution in [0.2, 0.25) is 0 Å². The Balaban J connectivity index is 1.98. The van der Waals surface area contributed by atoms with E-state index in [1.807, 2.05) is 74.5 Å². The Kier molecular flexibility index (Phi) is 4.09. The number of ether oxygens (including phenoxy) is 1. The second kappa shape index (κ2) is 6.55. The quantitative estimate of drug-likeness (QED) is 0.488. The van der Waals surface area contributed by atoms with Crippen LogP contribution in [0.5, 0.6) is 0 Å². The molecule has 0 saturated carbocycles. The summed E-state index contributed by atoms with van der Waals surface area (Å²) in [5.74, 6) is 0. The molecule has 2 atom stereocenters. The van der Waals surface area contributed by atoms with Crippen LogP contribution in [-0.4, -0.2) is 11.2 Å². The van der Waals surface area contributed by atoms with E-state index in [0.29, 0.717) is 0 Å². The van der Waals surface area contributed by atoms with Gasteiger partial charge in [0.25, 0.3) is 0 Å². The van der Waals surface area contributed by atoms with Gasteiger partial charge in [0.1, 0.15) is 0 Å². The van der Waals surface area contributed by atoms with Gasteiger partial charge in [0.15, 0.2) is 11.2 Å². The third kappa shape index (κ3) is 2.37. The van der Waals surface area contributed by atoms with Crippen LogP contribution in [-0.2, 0) is 15.9 Å². The van der Waals surface area contributed by atoms with E-state index in [1.165, 1.54) is 0 Å². The van der Waals surface area contributed by atoms with Gasteiger partial charge in [-0.25, -0.2) is 0 Å². The van der Waals surface area contributed by atoms with Gasteiger partial charge in [-0.2, -0.15) is 0 Å². The molecule has 0 aliphatic heterocycles. The van der Waals surface area contributed by atoms with Crippen molar-refractivity contribution in [2.24, 2.45) is 0 Å². The van der Waals surface area contributed by atoms with Crippen molar-refractivity contribution >= 4 is 10.8 Å². The molecule has 4 aromatic rings. The summed E-state index contributed by atoms with van der Waals surface area (Å²) in [6.07, 6.45) is -0.0880. The topological polar surface area (TPSA) is 29.5 Å². The first-order chi connectivity index (χ1) is 14.1. The molecule has 4 aromatic carbocycles. The Bertz CT molecular complexity index is 1160. The first-order valence-electron chi connectivity index (χ1n) is 10.1. The van der Waals surface area contributed by atoms with Crippen LogP contribution in [0.3, 0.4) is 0 Å². The second-order valence-corrected chi connectivity index (χ2v) is 8.00. The van der Waals surface area contributed by atoms with Gasteiger partial charge in [-0.3, -0.25) is 0 Å². The van der Waals surface area contributed by atoms with Crippen molar-refractivity contribution in [1.82, 2.24) is 0 Å². The Morgan fingerprint density at radius 2 is 1.21 bits per heavy atom. The molecule has 1 aliphatic carbocycles. The van der Waals surface area contributed by atoms with Crippen LogP contribution in [0, 0.1) is 0 Å². The fourth-order valence-corrected chi connectivity index (χ4v) is 4.97. The minimum atomic E-state index is -1.36. The van der Waals surface area contributed by atoms with Gasteiger partial charge in [-0.15, -0.1) is 0 Å². The van der Waals surface area contributed by atoms with Gasteiger partial charge in [0, 0.05) is 5.56 Å². The second-order valence-electron chi connectivity index (χ2n) is 8.00. The molecule has 2 heteroatoms. The lowest BCUT2D eigenvalue weighted by Crippen LogP contribution is -2.51. The fraction of sp³-hybridized carbons (Fsp3) is 0.185. The van der Waals surface area contributed by atoms with E-state index in [4.69, 9.17) is 4.74 Å². The van der Waals surface area contributed by atoms with Crippen LogP contribution >= 0.6 is 0 Å². The van der Waals surface area contributed by atoms with Crippen molar-refractivity contribution in [3.8, 4) is 0 Å². The highest BCUT2D eigenvalue weighted by atomic mass is 16.5. The predicted molar refractivity (Wildman–Crippen MR) is 117 cm³/mol. The average molecular weight is 380 g/mol. The Morgan fingerprint density at radius 3 is 1.79 bits per heavy atom. The van der Waals surface area contributed by atoms with E-state index < -0.39 is 11.2 Å². The lowest BCUT2D eigenvalue weighted by atomic mass is 9.71. The summed E-state index contributed by atoms with van der Waals surface area (Å²) in [6, 6.07) is 32.4. The summed E-state index contributed by atoms with van der Waals surface area (Å²) >= 11 is 0. The van der Waals surface area contributed by atoms with Gasteiger partial charge in [0.05, 0.1) is 6.10 Å². The van der Waals surface area contributed by atoms with Crippen LogP contribution < -0.4 is 0 Å². The SMILES string of the molecule is CC(C)O[C@]1(c2ccccc2)c2cccc3cccc(c23)[C@]1(O)c1ccccc1. The molecule has 0 aromatic heterocycles. The zero-order chi connectivity index (χ0) is 20.1. The van der Waals surface area contributed by atoms with E-state index >= 15 is 0 Å². The third-order valence-electron chi connectivity index (χ3n) is 5.97. The maximum Gasteiger partial charge on any atom is 0.156 e. The summed E-state index contributed by atoms with van der Waals surface area (Å²) in [5, 5.41) is 14.9. The van der Waals surface area contributed by atoms with Crippen LogP contribution in [0.4, 0.5) is 0 Å². The third-order valence-corrected chi connectivity index (χ3v) is 5.97. The lowest BCUT2D eigenvalue weighted by molar-refractivity contribution is -0.166. The van der Waals surface area contributed by atoms with E-state index in [-0.39, 0.29) is 6.10 Å². The van der Waals surface area contributed by atoms with Gasteiger partial charge < -0.3 is 9.84 Å². The van der Waals surface area contributed by atoms with Crippen molar-refractivity contribution in [2.75, 3.05) is 0 Å². The smallest absolute Gasteiger partial charge is 0.156 e. The largest absolute Gasteiger partial charge is 0.377 e. The molecule has 0 heterocycles. The van der Waals surface area contributed by atoms with E-state index in [9.17, 15) is 5.11 Å². The van der Waals surface area contributed by atoms with E-state index in [2.05, 4.69) is 36.4 Å². The van der Waals surface area contributed by atoms with Crippen molar-refractivity contribution in [1.29, 1.82) is 0 Å². The van der Waals surface area contributed by atoms with Gasteiger partial charge >= 0.3 is 0 Å². The number of hydrogen-bond acceptors (Lipinski definition) is 2. The molecule has 144 valence electrons. The molecule has 0 amide bonds. The molecule has 0 unspecified atom stereocenters. The van der Waals surface area contributed by atoms with Crippen LogP contribution in [0.25, 0.3) is 10.8 Å².